The molecule has 6 nitrogen and oxygen atoms in total. The normalized spacial score (nSPS) is 13.3. The summed E-state index contributed by atoms with van der Waals surface area (Å²) in [4.78, 5) is 19.0. The molecule has 0 aromatic carbocycles. The zero-order valence-electron chi connectivity index (χ0n) is 11.3. The SMILES string of the molecule is CCc1nn2c(=O)cc(CN(C)C(C)CO)nc2s1. The van der Waals surface area contributed by atoms with Crippen molar-refractivity contribution in [2.24, 2.45) is 0 Å². The van der Waals surface area contributed by atoms with Crippen molar-refractivity contribution in [3.05, 3.63) is 27.1 Å². The van der Waals surface area contributed by atoms with E-state index in [2.05, 4.69) is 10.1 Å². The first kappa shape index (κ1) is 14.1. The van der Waals surface area contributed by atoms with E-state index < -0.39 is 0 Å². The molecule has 1 atom stereocenters. The molecule has 1 unspecified atom stereocenters. The van der Waals surface area contributed by atoms with E-state index in [1.165, 1.54) is 21.9 Å². The van der Waals surface area contributed by atoms with E-state index in [1.807, 2.05) is 25.8 Å². The van der Waals surface area contributed by atoms with Crippen LogP contribution in [0.5, 0.6) is 0 Å². The maximum Gasteiger partial charge on any atom is 0.275 e. The Labute approximate surface area is 115 Å². The Morgan fingerprint density at radius 3 is 2.95 bits per heavy atom. The Morgan fingerprint density at radius 2 is 2.32 bits per heavy atom. The maximum absolute atomic E-state index is 11.9. The molecule has 0 aliphatic carbocycles. The fourth-order valence-corrected chi connectivity index (χ4v) is 2.53. The van der Waals surface area contributed by atoms with Gasteiger partial charge in [-0.2, -0.15) is 9.61 Å². The van der Waals surface area contributed by atoms with Crippen molar-refractivity contribution in [3.63, 3.8) is 0 Å². The van der Waals surface area contributed by atoms with E-state index in [4.69, 9.17) is 5.11 Å². The Kier molecular flexibility index (Phi) is 4.28. The molecule has 1 N–H and O–H groups in total. The van der Waals surface area contributed by atoms with Crippen LogP contribution in [0.3, 0.4) is 0 Å². The molecule has 0 spiro atoms. The molecule has 0 aliphatic heterocycles. The Morgan fingerprint density at radius 1 is 1.58 bits per heavy atom. The van der Waals surface area contributed by atoms with Crippen LogP contribution in [0.2, 0.25) is 0 Å². The smallest absolute Gasteiger partial charge is 0.275 e. The summed E-state index contributed by atoms with van der Waals surface area (Å²) in [5.74, 6) is 0. The van der Waals surface area contributed by atoms with Crippen molar-refractivity contribution in [3.8, 4) is 0 Å². The van der Waals surface area contributed by atoms with Crippen LogP contribution in [-0.2, 0) is 13.0 Å². The van der Waals surface area contributed by atoms with Gasteiger partial charge in [-0.25, -0.2) is 4.98 Å². The van der Waals surface area contributed by atoms with Gasteiger partial charge in [0.15, 0.2) is 0 Å². The fourth-order valence-electron chi connectivity index (χ4n) is 1.67. The van der Waals surface area contributed by atoms with Crippen molar-refractivity contribution in [1.82, 2.24) is 19.5 Å². The molecule has 0 fully saturated rings. The highest BCUT2D eigenvalue weighted by Gasteiger charge is 2.12. The van der Waals surface area contributed by atoms with E-state index in [1.54, 1.807) is 0 Å². The first-order valence-corrected chi connectivity index (χ1v) is 7.06. The van der Waals surface area contributed by atoms with Crippen molar-refractivity contribution < 1.29 is 5.11 Å². The van der Waals surface area contributed by atoms with Crippen molar-refractivity contribution in [2.75, 3.05) is 13.7 Å². The van der Waals surface area contributed by atoms with Crippen LogP contribution in [-0.4, -0.2) is 44.3 Å². The molecule has 2 aromatic rings. The number of likely N-dealkylation sites (N-methyl/N-ethyl adjacent to an activating group) is 1. The fraction of sp³-hybridized carbons (Fsp3) is 0.583. The van der Waals surface area contributed by atoms with Gasteiger partial charge in [0.25, 0.3) is 5.56 Å². The third-order valence-corrected chi connectivity index (χ3v) is 4.12. The van der Waals surface area contributed by atoms with Gasteiger partial charge in [-0.3, -0.25) is 9.69 Å². The number of aliphatic hydroxyl groups is 1. The molecule has 0 radical (unpaired) electrons. The predicted octanol–water partition coefficient (Wildman–Crippen LogP) is 0.526. The van der Waals surface area contributed by atoms with Crippen LogP contribution in [0.15, 0.2) is 10.9 Å². The molecule has 0 saturated carbocycles. The van der Waals surface area contributed by atoms with Gasteiger partial charge < -0.3 is 5.11 Å². The average Bonchev–Trinajstić information content (AvgIpc) is 2.81. The van der Waals surface area contributed by atoms with Gasteiger partial charge in [0.2, 0.25) is 4.96 Å². The zero-order valence-corrected chi connectivity index (χ0v) is 12.1. The van der Waals surface area contributed by atoms with E-state index >= 15 is 0 Å². The molecule has 2 heterocycles. The van der Waals surface area contributed by atoms with Gasteiger partial charge in [-0.1, -0.05) is 18.3 Å². The van der Waals surface area contributed by atoms with E-state index in [0.717, 1.165) is 11.4 Å². The summed E-state index contributed by atoms with van der Waals surface area (Å²) in [6.07, 6.45) is 0.796. The van der Waals surface area contributed by atoms with Crippen LogP contribution in [0, 0.1) is 0 Å². The Hall–Kier alpha value is -1.31. The lowest BCUT2D eigenvalue weighted by atomic mass is 10.3. The first-order chi connectivity index (χ1) is 9.05. The van der Waals surface area contributed by atoms with Crippen molar-refractivity contribution in [2.45, 2.75) is 32.9 Å². The number of rotatable bonds is 5. The minimum Gasteiger partial charge on any atom is -0.395 e. The molecule has 104 valence electrons. The van der Waals surface area contributed by atoms with Crippen LogP contribution in [0.4, 0.5) is 0 Å². The lowest BCUT2D eigenvalue weighted by Crippen LogP contribution is -2.32. The summed E-state index contributed by atoms with van der Waals surface area (Å²) in [6, 6.07) is 1.54. The van der Waals surface area contributed by atoms with Gasteiger partial charge in [0, 0.05) is 18.7 Å². The molecule has 2 aromatic heterocycles. The van der Waals surface area contributed by atoms with Crippen LogP contribution in [0.1, 0.15) is 24.5 Å². The van der Waals surface area contributed by atoms with Crippen LogP contribution < -0.4 is 5.56 Å². The monoisotopic (exact) mass is 282 g/mol. The van der Waals surface area contributed by atoms with Crippen molar-refractivity contribution in [1.29, 1.82) is 0 Å². The molecule has 2 rings (SSSR count). The number of aliphatic hydroxyl groups excluding tert-OH is 1. The minimum atomic E-state index is -0.152. The highest BCUT2D eigenvalue weighted by Crippen LogP contribution is 2.12. The van der Waals surface area contributed by atoms with Crippen molar-refractivity contribution >= 4 is 16.3 Å². The second-order valence-electron chi connectivity index (χ2n) is 4.58. The zero-order chi connectivity index (χ0) is 14.0. The molecule has 0 aliphatic rings. The van der Waals surface area contributed by atoms with Gasteiger partial charge >= 0.3 is 0 Å². The third-order valence-electron chi connectivity index (χ3n) is 3.07. The standard InChI is InChI=1S/C12H18N4O2S/c1-4-10-14-16-11(18)5-9(13-12(16)19-10)6-15(3)8(2)7-17/h5,8,17H,4,6-7H2,1-3H3. The minimum absolute atomic E-state index is 0.0351. The lowest BCUT2D eigenvalue weighted by molar-refractivity contribution is 0.153. The summed E-state index contributed by atoms with van der Waals surface area (Å²) >= 11 is 1.44. The molecule has 0 amide bonds. The molecular formula is C12H18N4O2S. The predicted molar refractivity (Wildman–Crippen MR) is 74.5 cm³/mol. The topological polar surface area (TPSA) is 70.7 Å². The van der Waals surface area contributed by atoms with Gasteiger partial charge in [-0.15, -0.1) is 0 Å². The molecule has 19 heavy (non-hydrogen) atoms. The van der Waals surface area contributed by atoms with Gasteiger partial charge in [-0.05, 0) is 20.4 Å². The largest absolute Gasteiger partial charge is 0.395 e. The molecule has 7 heteroatoms. The molecule has 0 bridgehead atoms. The van der Waals surface area contributed by atoms with Gasteiger partial charge in [0.1, 0.15) is 5.01 Å². The quantitative estimate of drug-likeness (QED) is 0.866. The Bertz CT molecular complexity index is 622. The number of fused-ring (bicyclic) bond motifs is 1. The summed E-state index contributed by atoms with van der Waals surface area (Å²) in [5.41, 5.74) is 0.556. The highest BCUT2D eigenvalue weighted by atomic mass is 32.1. The summed E-state index contributed by atoms with van der Waals surface area (Å²) in [6.45, 7) is 4.54. The third kappa shape index (κ3) is 2.99. The number of aryl methyl sites for hydroxylation is 1. The first-order valence-electron chi connectivity index (χ1n) is 6.25. The van der Waals surface area contributed by atoms with E-state index in [-0.39, 0.29) is 18.2 Å². The van der Waals surface area contributed by atoms with Crippen LogP contribution in [0.25, 0.3) is 4.96 Å². The van der Waals surface area contributed by atoms with E-state index in [0.29, 0.717) is 17.2 Å². The number of nitrogens with zero attached hydrogens (tertiary/aromatic N) is 4. The summed E-state index contributed by atoms with van der Waals surface area (Å²) in [5, 5.41) is 14.2. The number of aromatic nitrogens is 3. The molecular weight excluding hydrogens is 264 g/mol. The second-order valence-corrected chi connectivity index (χ2v) is 5.62. The molecule has 0 saturated heterocycles. The summed E-state index contributed by atoms with van der Waals surface area (Å²) in [7, 11) is 1.90. The lowest BCUT2D eigenvalue weighted by Gasteiger charge is -2.21. The van der Waals surface area contributed by atoms with E-state index in [9.17, 15) is 4.79 Å². The van der Waals surface area contributed by atoms with Crippen LogP contribution >= 0.6 is 11.3 Å². The average molecular weight is 282 g/mol. The highest BCUT2D eigenvalue weighted by molar-refractivity contribution is 7.16. The Balaban J connectivity index is 2.32. The second kappa shape index (κ2) is 5.77. The number of hydrogen-bond donors (Lipinski definition) is 1. The maximum atomic E-state index is 11.9. The number of hydrogen-bond acceptors (Lipinski definition) is 6. The summed E-state index contributed by atoms with van der Waals surface area (Å²) < 4.78 is 1.35. The van der Waals surface area contributed by atoms with Gasteiger partial charge in [0.05, 0.1) is 12.3 Å².